The van der Waals surface area contributed by atoms with E-state index in [2.05, 4.69) is 12.6 Å². The molecule has 0 radical (unpaired) electrons. The molecule has 1 fully saturated rings. The maximum atomic E-state index is 9.11. The van der Waals surface area contributed by atoms with E-state index in [1.165, 1.54) is 0 Å². The second kappa shape index (κ2) is 2.90. The molecule has 0 spiro atoms. The standard InChI is InChI=1S/C6H12O2S/c7-4-1-2-5(8)6(9)3-4/h4-9H,1-3H2. The molecular formula is C6H12O2S. The number of aliphatic hydroxyl groups excluding tert-OH is 2. The van der Waals surface area contributed by atoms with Crippen LogP contribution in [0.1, 0.15) is 19.3 Å². The minimum Gasteiger partial charge on any atom is -0.393 e. The second-order valence-electron chi connectivity index (χ2n) is 2.60. The molecule has 3 unspecified atom stereocenters. The van der Waals surface area contributed by atoms with Crippen LogP contribution in [0.3, 0.4) is 0 Å². The topological polar surface area (TPSA) is 40.5 Å². The van der Waals surface area contributed by atoms with E-state index >= 15 is 0 Å². The lowest BCUT2D eigenvalue weighted by molar-refractivity contribution is 0.0601. The number of hydrogen-bond donors (Lipinski definition) is 3. The van der Waals surface area contributed by atoms with Gasteiger partial charge in [0.05, 0.1) is 12.2 Å². The predicted octanol–water partition coefficient (Wildman–Crippen LogP) is 0.191. The largest absolute Gasteiger partial charge is 0.393 e. The Hall–Kier alpha value is 0.270. The molecule has 54 valence electrons. The van der Waals surface area contributed by atoms with E-state index in [4.69, 9.17) is 10.2 Å². The first-order chi connectivity index (χ1) is 4.20. The zero-order valence-corrected chi connectivity index (χ0v) is 6.09. The van der Waals surface area contributed by atoms with Gasteiger partial charge < -0.3 is 10.2 Å². The van der Waals surface area contributed by atoms with Crippen molar-refractivity contribution in [3.8, 4) is 0 Å². The normalized spacial score (nSPS) is 45.0. The van der Waals surface area contributed by atoms with Crippen molar-refractivity contribution in [3.63, 3.8) is 0 Å². The van der Waals surface area contributed by atoms with E-state index in [1.807, 2.05) is 0 Å². The Labute approximate surface area is 60.3 Å². The van der Waals surface area contributed by atoms with E-state index in [0.717, 1.165) is 6.42 Å². The fraction of sp³-hybridized carbons (Fsp3) is 1.00. The van der Waals surface area contributed by atoms with Crippen LogP contribution in [0.25, 0.3) is 0 Å². The van der Waals surface area contributed by atoms with Crippen molar-refractivity contribution in [2.75, 3.05) is 0 Å². The molecule has 1 aliphatic rings. The van der Waals surface area contributed by atoms with Crippen LogP contribution >= 0.6 is 12.6 Å². The molecule has 1 aliphatic carbocycles. The zero-order valence-electron chi connectivity index (χ0n) is 5.20. The molecule has 0 amide bonds. The summed E-state index contributed by atoms with van der Waals surface area (Å²) in [5, 5.41) is 18.1. The number of thiol groups is 1. The highest BCUT2D eigenvalue weighted by molar-refractivity contribution is 7.81. The highest BCUT2D eigenvalue weighted by Gasteiger charge is 2.24. The Morgan fingerprint density at radius 1 is 1.22 bits per heavy atom. The van der Waals surface area contributed by atoms with Crippen molar-refractivity contribution in [2.45, 2.75) is 36.7 Å². The van der Waals surface area contributed by atoms with Crippen molar-refractivity contribution >= 4 is 12.6 Å². The van der Waals surface area contributed by atoms with Crippen molar-refractivity contribution in [3.05, 3.63) is 0 Å². The average molecular weight is 148 g/mol. The Kier molecular flexibility index (Phi) is 2.38. The summed E-state index contributed by atoms with van der Waals surface area (Å²) in [5.41, 5.74) is 0. The highest BCUT2D eigenvalue weighted by Crippen LogP contribution is 2.22. The average Bonchev–Trinajstić information content (AvgIpc) is 1.80. The van der Waals surface area contributed by atoms with Crippen molar-refractivity contribution in [1.29, 1.82) is 0 Å². The van der Waals surface area contributed by atoms with Crippen LogP contribution in [0.5, 0.6) is 0 Å². The van der Waals surface area contributed by atoms with Gasteiger partial charge in [0.15, 0.2) is 0 Å². The minimum absolute atomic E-state index is 0.0197. The fourth-order valence-electron chi connectivity index (χ4n) is 1.11. The second-order valence-corrected chi connectivity index (χ2v) is 3.26. The summed E-state index contributed by atoms with van der Waals surface area (Å²) in [5.74, 6) is 0. The van der Waals surface area contributed by atoms with Crippen molar-refractivity contribution in [1.82, 2.24) is 0 Å². The van der Waals surface area contributed by atoms with Gasteiger partial charge >= 0.3 is 0 Å². The first-order valence-electron chi connectivity index (χ1n) is 3.24. The number of hydrogen-bond acceptors (Lipinski definition) is 3. The maximum absolute atomic E-state index is 9.11. The van der Waals surface area contributed by atoms with Gasteiger partial charge in [0.1, 0.15) is 0 Å². The lowest BCUT2D eigenvalue weighted by Crippen LogP contribution is -2.32. The molecule has 0 aromatic rings. The summed E-state index contributed by atoms with van der Waals surface area (Å²) in [6.07, 6.45) is 1.49. The van der Waals surface area contributed by atoms with Crippen LogP contribution in [-0.2, 0) is 0 Å². The van der Waals surface area contributed by atoms with E-state index < -0.39 is 0 Å². The van der Waals surface area contributed by atoms with Gasteiger partial charge in [0.2, 0.25) is 0 Å². The third-order valence-electron chi connectivity index (χ3n) is 1.75. The Morgan fingerprint density at radius 3 is 2.33 bits per heavy atom. The number of aliphatic hydroxyl groups is 2. The first-order valence-corrected chi connectivity index (χ1v) is 3.76. The molecule has 1 saturated carbocycles. The molecule has 0 aromatic heterocycles. The van der Waals surface area contributed by atoms with Crippen molar-refractivity contribution < 1.29 is 10.2 Å². The van der Waals surface area contributed by atoms with E-state index in [1.54, 1.807) is 0 Å². The maximum Gasteiger partial charge on any atom is 0.0658 e. The lowest BCUT2D eigenvalue weighted by Gasteiger charge is -2.26. The molecule has 3 heteroatoms. The summed E-state index contributed by atoms with van der Waals surface area (Å²) < 4.78 is 0. The molecule has 2 N–H and O–H groups in total. The number of rotatable bonds is 0. The summed E-state index contributed by atoms with van der Waals surface area (Å²) >= 11 is 4.11. The zero-order chi connectivity index (χ0) is 6.85. The molecule has 0 aliphatic heterocycles. The molecule has 0 bridgehead atoms. The third kappa shape index (κ3) is 1.85. The van der Waals surface area contributed by atoms with Gasteiger partial charge in [-0.3, -0.25) is 0 Å². The van der Waals surface area contributed by atoms with Crippen LogP contribution in [0.15, 0.2) is 0 Å². The SMILES string of the molecule is OC1CCC(O)C(S)C1. The van der Waals surface area contributed by atoms with Crippen LogP contribution in [0.4, 0.5) is 0 Å². The van der Waals surface area contributed by atoms with Gasteiger partial charge in [0, 0.05) is 5.25 Å². The summed E-state index contributed by atoms with van der Waals surface area (Å²) in [4.78, 5) is 0. The molecule has 0 aromatic carbocycles. The summed E-state index contributed by atoms with van der Waals surface area (Å²) in [6.45, 7) is 0. The lowest BCUT2D eigenvalue weighted by atomic mass is 9.95. The quantitative estimate of drug-likeness (QED) is 0.429. The first kappa shape index (κ1) is 7.38. The Bertz CT molecular complexity index is 97.1. The van der Waals surface area contributed by atoms with Gasteiger partial charge in [-0.25, -0.2) is 0 Å². The van der Waals surface area contributed by atoms with Crippen LogP contribution in [0.2, 0.25) is 0 Å². The van der Waals surface area contributed by atoms with Crippen LogP contribution in [-0.4, -0.2) is 27.7 Å². The smallest absolute Gasteiger partial charge is 0.0658 e. The highest BCUT2D eigenvalue weighted by atomic mass is 32.1. The van der Waals surface area contributed by atoms with Gasteiger partial charge in [-0.05, 0) is 19.3 Å². The van der Waals surface area contributed by atoms with E-state index in [0.29, 0.717) is 12.8 Å². The molecule has 0 heterocycles. The van der Waals surface area contributed by atoms with Crippen molar-refractivity contribution in [2.24, 2.45) is 0 Å². The van der Waals surface area contributed by atoms with E-state index in [9.17, 15) is 0 Å². The van der Waals surface area contributed by atoms with Gasteiger partial charge in [-0.1, -0.05) is 0 Å². The molecular weight excluding hydrogens is 136 g/mol. The Balaban J connectivity index is 2.35. The molecule has 2 nitrogen and oxygen atoms in total. The fourth-order valence-corrected chi connectivity index (χ4v) is 1.50. The van der Waals surface area contributed by atoms with Crippen LogP contribution in [0, 0.1) is 0 Å². The Morgan fingerprint density at radius 2 is 1.89 bits per heavy atom. The molecule has 9 heavy (non-hydrogen) atoms. The summed E-state index contributed by atoms with van der Waals surface area (Å²) in [7, 11) is 0. The summed E-state index contributed by atoms with van der Waals surface area (Å²) in [6, 6.07) is 0. The van der Waals surface area contributed by atoms with Gasteiger partial charge in [-0.2, -0.15) is 12.6 Å². The third-order valence-corrected chi connectivity index (χ3v) is 2.31. The molecule has 0 saturated heterocycles. The van der Waals surface area contributed by atoms with Gasteiger partial charge in [0.25, 0.3) is 0 Å². The molecule has 1 rings (SSSR count). The monoisotopic (exact) mass is 148 g/mol. The van der Waals surface area contributed by atoms with E-state index in [-0.39, 0.29) is 17.5 Å². The van der Waals surface area contributed by atoms with Gasteiger partial charge in [-0.15, -0.1) is 0 Å². The predicted molar refractivity (Wildman–Crippen MR) is 38.6 cm³/mol. The molecule has 3 atom stereocenters. The minimum atomic E-state index is -0.309. The van der Waals surface area contributed by atoms with Crippen LogP contribution < -0.4 is 0 Å².